The molecule has 260 valence electrons. The van der Waals surface area contributed by atoms with Crippen LogP contribution < -0.4 is 9.47 Å². The van der Waals surface area contributed by atoms with E-state index in [4.69, 9.17) is 40.0 Å². The molecule has 1 aliphatic rings. The Hall–Kier alpha value is -4.21. The van der Waals surface area contributed by atoms with Crippen molar-refractivity contribution >= 4 is 11.6 Å². The molecule has 0 aliphatic carbocycles. The minimum Gasteiger partial charge on any atom is -0.497 e. The summed E-state index contributed by atoms with van der Waals surface area (Å²) in [6.07, 6.45) is -3.41. The normalized spacial score (nSPS) is 20.4. The Morgan fingerprint density at radius 3 is 1.76 bits per heavy atom. The van der Waals surface area contributed by atoms with Gasteiger partial charge in [-0.15, -0.1) is 0 Å². The monoisotopic (exact) mass is 694 g/mol. The van der Waals surface area contributed by atoms with Gasteiger partial charge in [0.05, 0.1) is 40.6 Å². The molecule has 5 aromatic rings. The van der Waals surface area contributed by atoms with E-state index in [9.17, 15) is 5.11 Å². The van der Waals surface area contributed by atoms with Crippen molar-refractivity contribution in [3.05, 3.63) is 166 Å². The van der Waals surface area contributed by atoms with Crippen LogP contribution in [-0.2, 0) is 45.2 Å². The summed E-state index contributed by atoms with van der Waals surface area (Å²) in [5.74, 6) is 1.28. The molecule has 8 heteroatoms. The molecule has 7 nitrogen and oxygen atoms in total. The summed E-state index contributed by atoms with van der Waals surface area (Å²) in [7, 11) is 3.23. The largest absolute Gasteiger partial charge is 0.497 e. The first-order valence-corrected chi connectivity index (χ1v) is 17.2. The second-order valence-corrected chi connectivity index (χ2v) is 12.7. The van der Waals surface area contributed by atoms with Gasteiger partial charge in [0.25, 0.3) is 0 Å². The molecule has 5 aromatic carbocycles. The fourth-order valence-corrected chi connectivity index (χ4v) is 6.45. The SMILES string of the molecule is COc1ccc(Cc2cc([C@@H]3O[C@H](COCc4ccccc4)[C@@H](OCc4ccccc4)[C@H](OCc4ccccc4)[C@H]3O)c(OC)cc2Cl)cc1. The average Bonchev–Trinajstić information content (AvgIpc) is 3.16. The van der Waals surface area contributed by atoms with Gasteiger partial charge in [0.15, 0.2) is 0 Å². The number of aliphatic hydroxyl groups is 1. The Morgan fingerprint density at radius 1 is 0.640 bits per heavy atom. The zero-order valence-electron chi connectivity index (χ0n) is 28.3. The molecule has 5 atom stereocenters. The third kappa shape index (κ3) is 9.11. The summed E-state index contributed by atoms with van der Waals surface area (Å²) in [4.78, 5) is 0. The maximum Gasteiger partial charge on any atom is 0.126 e. The third-order valence-electron chi connectivity index (χ3n) is 8.88. The molecular weight excluding hydrogens is 652 g/mol. The molecule has 1 heterocycles. The molecule has 6 rings (SSSR count). The summed E-state index contributed by atoms with van der Waals surface area (Å²) in [6, 6.07) is 41.4. The highest BCUT2D eigenvalue weighted by Gasteiger charge is 2.48. The van der Waals surface area contributed by atoms with Gasteiger partial charge in [0.1, 0.15) is 42.0 Å². The topological polar surface area (TPSA) is 75.6 Å². The van der Waals surface area contributed by atoms with Crippen LogP contribution in [0.3, 0.4) is 0 Å². The number of ether oxygens (including phenoxy) is 6. The van der Waals surface area contributed by atoms with E-state index < -0.39 is 30.5 Å². The Bertz CT molecular complexity index is 1750. The minimum absolute atomic E-state index is 0.206. The summed E-state index contributed by atoms with van der Waals surface area (Å²) < 4.78 is 37.4. The van der Waals surface area contributed by atoms with E-state index in [1.807, 2.05) is 121 Å². The first-order valence-electron chi connectivity index (χ1n) is 16.8. The standard InChI is InChI=1S/C42H43ClO7/c1-45-34-20-18-29(19-21-34)22-33-23-35(37(46-2)24-36(33)43)40-39(44)42(49-27-32-16-10-5-11-17-32)41(48-26-31-14-8-4-9-15-31)38(50-40)28-47-25-30-12-6-3-7-13-30/h3-21,23-24,38-42,44H,22,25-28H2,1-2H3/t38-,39+,40+,41-,42-/m1/s1. The molecular formula is C42H43ClO7. The zero-order chi connectivity index (χ0) is 34.7. The molecule has 50 heavy (non-hydrogen) atoms. The maximum absolute atomic E-state index is 12.2. The van der Waals surface area contributed by atoms with E-state index in [0.29, 0.717) is 36.0 Å². The number of methoxy groups -OCH3 is 2. The van der Waals surface area contributed by atoms with Crippen molar-refractivity contribution in [2.75, 3.05) is 20.8 Å². The first-order chi connectivity index (χ1) is 24.5. The molecule has 0 radical (unpaired) electrons. The van der Waals surface area contributed by atoms with E-state index in [2.05, 4.69) is 0 Å². The van der Waals surface area contributed by atoms with Crippen molar-refractivity contribution in [3.8, 4) is 11.5 Å². The van der Waals surface area contributed by atoms with Crippen LogP contribution in [0.15, 0.2) is 127 Å². The predicted molar refractivity (Wildman–Crippen MR) is 194 cm³/mol. The zero-order valence-corrected chi connectivity index (χ0v) is 29.1. The van der Waals surface area contributed by atoms with E-state index in [1.165, 1.54) is 0 Å². The van der Waals surface area contributed by atoms with Crippen LogP contribution in [0.5, 0.6) is 11.5 Å². The minimum atomic E-state index is -1.12. The molecule has 0 unspecified atom stereocenters. The lowest BCUT2D eigenvalue weighted by molar-refractivity contribution is -0.263. The number of hydrogen-bond donors (Lipinski definition) is 1. The van der Waals surface area contributed by atoms with E-state index in [0.717, 1.165) is 33.6 Å². The first kappa shape index (κ1) is 35.6. The van der Waals surface area contributed by atoms with Gasteiger partial charge in [-0.3, -0.25) is 0 Å². The average molecular weight is 695 g/mol. The summed E-state index contributed by atoms with van der Waals surface area (Å²) >= 11 is 6.82. The molecule has 1 aliphatic heterocycles. The molecule has 0 bridgehead atoms. The molecule has 0 spiro atoms. The Labute approximate surface area is 299 Å². The van der Waals surface area contributed by atoms with Gasteiger partial charge in [-0.2, -0.15) is 0 Å². The Morgan fingerprint density at radius 2 is 1.20 bits per heavy atom. The van der Waals surface area contributed by atoms with Crippen molar-refractivity contribution in [1.82, 2.24) is 0 Å². The lowest BCUT2D eigenvalue weighted by Gasteiger charge is -2.45. The summed E-state index contributed by atoms with van der Waals surface area (Å²) in [5.41, 5.74) is 5.60. The highest BCUT2D eigenvalue weighted by atomic mass is 35.5. The highest BCUT2D eigenvalue weighted by molar-refractivity contribution is 6.31. The molecule has 0 amide bonds. The predicted octanol–water partition coefficient (Wildman–Crippen LogP) is 8.14. The van der Waals surface area contributed by atoms with Gasteiger partial charge in [0, 0.05) is 10.6 Å². The van der Waals surface area contributed by atoms with Crippen LogP contribution >= 0.6 is 11.6 Å². The fourth-order valence-electron chi connectivity index (χ4n) is 6.23. The number of benzene rings is 5. The quantitative estimate of drug-likeness (QED) is 0.119. The molecule has 1 fully saturated rings. The van der Waals surface area contributed by atoms with Crippen LogP contribution in [0.1, 0.15) is 39.5 Å². The Balaban J connectivity index is 1.33. The van der Waals surface area contributed by atoms with Gasteiger partial charge in [-0.05, 0) is 58.5 Å². The van der Waals surface area contributed by atoms with Crippen molar-refractivity contribution in [3.63, 3.8) is 0 Å². The second-order valence-electron chi connectivity index (χ2n) is 12.3. The van der Waals surface area contributed by atoms with Crippen LogP contribution in [0.25, 0.3) is 0 Å². The van der Waals surface area contributed by atoms with Crippen molar-refractivity contribution in [2.45, 2.75) is 56.8 Å². The van der Waals surface area contributed by atoms with E-state index in [-0.39, 0.29) is 13.2 Å². The lowest BCUT2D eigenvalue weighted by atomic mass is 9.89. The molecule has 1 N–H and O–H groups in total. The van der Waals surface area contributed by atoms with Gasteiger partial charge in [-0.1, -0.05) is 115 Å². The van der Waals surface area contributed by atoms with Crippen LogP contribution in [0.4, 0.5) is 0 Å². The smallest absolute Gasteiger partial charge is 0.126 e. The van der Waals surface area contributed by atoms with Crippen molar-refractivity contribution in [1.29, 1.82) is 0 Å². The van der Waals surface area contributed by atoms with Crippen LogP contribution in [0, 0.1) is 0 Å². The maximum atomic E-state index is 12.2. The lowest BCUT2D eigenvalue weighted by Crippen LogP contribution is -2.57. The molecule has 1 saturated heterocycles. The van der Waals surface area contributed by atoms with Gasteiger partial charge >= 0.3 is 0 Å². The van der Waals surface area contributed by atoms with Gasteiger partial charge in [0.2, 0.25) is 0 Å². The summed E-state index contributed by atoms with van der Waals surface area (Å²) in [6.45, 7) is 1.18. The third-order valence-corrected chi connectivity index (χ3v) is 9.23. The Kier molecular flexibility index (Phi) is 12.6. The van der Waals surface area contributed by atoms with Gasteiger partial charge < -0.3 is 33.5 Å². The van der Waals surface area contributed by atoms with Gasteiger partial charge in [-0.25, -0.2) is 0 Å². The second kappa shape index (κ2) is 17.6. The number of halogens is 1. The number of aliphatic hydroxyl groups excluding tert-OH is 1. The van der Waals surface area contributed by atoms with E-state index >= 15 is 0 Å². The highest BCUT2D eigenvalue weighted by Crippen LogP contribution is 2.42. The van der Waals surface area contributed by atoms with Crippen molar-refractivity contribution < 1.29 is 33.5 Å². The van der Waals surface area contributed by atoms with Crippen LogP contribution in [0.2, 0.25) is 5.02 Å². The fraction of sp³-hybridized carbons (Fsp3) is 0.286. The summed E-state index contributed by atoms with van der Waals surface area (Å²) in [5, 5.41) is 12.8. The van der Waals surface area contributed by atoms with Crippen molar-refractivity contribution in [2.24, 2.45) is 0 Å². The van der Waals surface area contributed by atoms with E-state index in [1.54, 1.807) is 20.3 Å². The molecule has 0 aromatic heterocycles. The number of hydrogen-bond acceptors (Lipinski definition) is 7. The van der Waals surface area contributed by atoms with Crippen LogP contribution in [-0.4, -0.2) is 50.3 Å². The number of rotatable bonds is 15. The molecule has 0 saturated carbocycles.